The van der Waals surface area contributed by atoms with E-state index in [1.807, 2.05) is 12.4 Å². The molecular formula is C11H17N3O. The Morgan fingerprint density at radius 1 is 1.27 bits per heavy atom. The molecule has 2 rings (SSSR count). The van der Waals surface area contributed by atoms with E-state index in [1.165, 1.54) is 0 Å². The van der Waals surface area contributed by atoms with Crippen LogP contribution in [-0.4, -0.2) is 36.3 Å². The van der Waals surface area contributed by atoms with E-state index in [-0.39, 0.29) is 0 Å². The fourth-order valence-electron chi connectivity index (χ4n) is 1.59. The summed E-state index contributed by atoms with van der Waals surface area (Å²) in [6.45, 7) is 7.66. The maximum Gasteiger partial charge on any atom is 0.147 e. The summed E-state index contributed by atoms with van der Waals surface area (Å²) in [5.74, 6) is 1.41. The number of rotatable bonds is 2. The quantitative estimate of drug-likeness (QED) is 0.735. The molecule has 1 saturated heterocycles. The van der Waals surface area contributed by atoms with Crippen LogP contribution in [0.15, 0.2) is 12.4 Å². The fourth-order valence-corrected chi connectivity index (χ4v) is 1.59. The molecule has 0 radical (unpaired) electrons. The summed E-state index contributed by atoms with van der Waals surface area (Å²) in [4.78, 5) is 11.1. The van der Waals surface area contributed by atoms with Crippen LogP contribution < -0.4 is 4.90 Å². The van der Waals surface area contributed by atoms with Gasteiger partial charge in [-0.25, -0.2) is 4.98 Å². The molecule has 1 aromatic heterocycles. The highest BCUT2D eigenvalue weighted by Gasteiger charge is 2.13. The Kier molecular flexibility index (Phi) is 3.16. The summed E-state index contributed by atoms with van der Waals surface area (Å²) in [6, 6.07) is 0. The minimum atomic E-state index is 0.429. The molecule has 15 heavy (non-hydrogen) atoms. The second-order valence-electron chi connectivity index (χ2n) is 4.06. The van der Waals surface area contributed by atoms with Crippen molar-refractivity contribution in [3.63, 3.8) is 0 Å². The number of hydrogen-bond acceptors (Lipinski definition) is 4. The largest absolute Gasteiger partial charge is 0.378 e. The average Bonchev–Trinajstić information content (AvgIpc) is 2.30. The fraction of sp³-hybridized carbons (Fsp3) is 0.636. The molecule has 0 atom stereocenters. The Morgan fingerprint density at radius 3 is 2.67 bits per heavy atom. The van der Waals surface area contributed by atoms with Crippen molar-refractivity contribution in [1.82, 2.24) is 9.97 Å². The normalized spacial score (nSPS) is 17.1. The van der Waals surface area contributed by atoms with Crippen molar-refractivity contribution >= 4 is 5.82 Å². The molecule has 0 bridgehead atoms. The van der Waals surface area contributed by atoms with Crippen molar-refractivity contribution < 1.29 is 4.74 Å². The smallest absolute Gasteiger partial charge is 0.147 e. The highest BCUT2D eigenvalue weighted by atomic mass is 16.5. The van der Waals surface area contributed by atoms with Gasteiger partial charge in [0.25, 0.3) is 0 Å². The predicted molar refractivity (Wildman–Crippen MR) is 59.2 cm³/mol. The third-order valence-corrected chi connectivity index (χ3v) is 2.57. The topological polar surface area (TPSA) is 38.2 Å². The van der Waals surface area contributed by atoms with Gasteiger partial charge < -0.3 is 9.64 Å². The lowest BCUT2D eigenvalue weighted by molar-refractivity contribution is 0.122. The molecule has 82 valence electrons. The summed E-state index contributed by atoms with van der Waals surface area (Å²) < 4.78 is 5.31. The molecule has 0 aliphatic carbocycles. The van der Waals surface area contributed by atoms with Crippen LogP contribution >= 0.6 is 0 Å². The molecule has 0 unspecified atom stereocenters. The summed E-state index contributed by atoms with van der Waals surface area (Å²) >= 11 is 0. The Morgan fingerprint density at radius 2 is 2.00 bits per heavy atom. The molecule has 1 aliphatic heterocycles. The van der Waals surface area contributed by atoms with Gasteiger partial charge in [-0.3, -0.25) is 4.98 Å². The van der Waals surface area contributed by atoms with Crippen molar-refractivity contribution in [1.29, 1.82) is 0 Å². The highest BCUT2D eigenvalue weighted by Crippen LogP contribution is 2.16. The lowest BCUT2D eigenvalue weighted by Gasteiger charge is -2.27. The van der Waals surface area contributed by atoms with Crippen molar-refractivity contribution in [2.45, 2.75) is 19.8 Å². The van der Waals surface area contributed by atoms with E-state index in [1.54, 1.807) is 0 Å². The molecule has 0 aromatic carbocycles. The second kappa shape index (κ2) is 4.57. The average molecular weight is 207 g/mol. The summed E-state index contributed by atoms with van der Waals surface area (Å²) in [5, 5.41) is 0. The zero-order valence-electron chi connectivity index (χ0n) is 9.31. The van der Waals surface area contributed by atoms with E-state index >= 15 is 0 Å². The standard InChI is InChI=1S/C11H17N3O/c1-9(2)10-7-12-8-11(13-10)14-3-5-15-6-4-14/h7-9H,3-6H2,1-2H3. The Bertz CT molecular complexity index is 321. The summed E-state index contributed by atoms with van der Waals surface area (Å²) in [6.07, 6.45) is 3.67. The molecule has 1 aliphatic rings. The van der Waals surface area contributed by atoms with Gasteiger partial charge >= 0.3 is 0 Å². The van der Waals surface area contributed by atoms with Gasteiger partial charge in [0.15, 0.2) is 0 Å². The Labute approximate surface area is 90.3 Å². The van der Waals surface area contributed by atoms with Gasteiger partial charge in [0.05, 0.1) is 25.1 Å². The maximum atomic E-state index is 5.31. The molecule has 2 heterocycles. The van der Waals surface area contributed by atoms with Crippen LogP contribution in [0.5, 0.6) is 0 Å². The van der Waals surface area contributed by atoms with Gasteiger partial charge in [-0.15, -0.1) is 0 Å². The number of ether oxygens (including phenoxy) is 1. The van der Waals surface area contributed by atoms with Crippen LogP contribution in [0.4, 0.5) is 5.82 Å². The minimum Gasteiger partial charge on any atom is -0.378 e. The SMILES string of the molecule is CC(C)c1cncc(N2CCOCC2)n1. The number of anilines is 1. The summed E-state index contributed by atoms with van der Waals surface area (Å²) in [5.41, 5.74) is 1.05. The molecule has 0 spiro atoms. The highest BCUT2D eigenvalue weighted by molar-refractivity contribution is 5.37. The minimum absolute atomic E-state index is 0.429. The van der Waals surface area contributed by atoms with Crippen molar-refractivity contribution in [3.8, 4) is 0 Å². The first kappa shape index (κ1) is 10.4. The van der Waals surface area contributed by atoms with Gasteiger partial charge in [-0.2, -0.15) is 0 Å². The number of nitrogens with zero attached hydrogens (tertiary/aromatic N) is 3. The number of morpholine rings is 1. The number of hydrogen-bond donors (Lipinski definition) is 0. The first-order chi connectivity index (χ1) is 7.27. The third-order valence-electron chi connectivity index (χ3n) is 2.57. The van der Waals surface area contributed by atoms with Gasteiger partial charge in [0, 0.05) is 19.3 Å². The molecule has 1 aromatic rings. The molecule has 0 amide bonds. The van der Waals surface area contributed by atoms with Crippen LogP contribution in [0.1, 0.15) is 25.5 Å². The zero-order valence-corrected chi connectivity index (χ0v) is 9.31. The van der Waals surface area contributed by atoms with E-state index in [9.17, 15) is 0 Å². The Balaban J connectivity index is 2.16. The second-order valence-corrected chi connectivity index (χ2v) is 4.06. The van der Waals surface area contributed by atoms with Crippen molar-refractivity contribution in [3.05, 3.63) is 18.1 Å². The van der Waals surface area contributed by atoms with Gasteiger partial charge in [-0.1, -0.05) is 13.8 Å². The van der Waals surface area contributed by atoms with Crippen LogP contribution in [0.2, 0.25) is 0 Å². The van der Waals surface area contributed by atoms with Crippen LogP contribution in [-0.2, 0) is 4.74 Å². The molecule has 0 N–H and O–H groups in total. The van der Waals surface area contributed by atoms with Crippen LogP contribution in [0.3, 0.4) is 0 Å². The molecule has 4 heteroatoms. The van der Waals surface area contributed by atoms with Crippen molar-refractivity contribution in [2.75, 3.05) is 31.2 Å². The molecule has 4 nitrogen and oxygen atoms in total. The van der Waals surface area contributed by atoms with Crippen LogP contribution in [0, 0.1) is 0 Å². The molecular weight excluding hydrogens is 190 g/mol. The van der Waals surface area contributed by atoms with E-state index in [4.69, 9.17) is 4.74 Å². The van der Waals surface area contributed by atoms with E-state index in [0.29, 0.717) is 5.92 Å². The monoisotopic (exact) mass is 207 g/mol. The van der Waals surface area contributed by atoms with E-state index in [2.05, 4.69) is 28.7 Å². The third kappa shape index (κ3) is 2.45. The Hall–Kier alpha value is -1.16. The predicted octanol–water partition coefficient (Wildman–Crippen LogP) is 1.44. The van der Waals surface area contributed by atoms with E-state index in [0.717, 1.165) is 37.8 Å². The van der Waals surface area contributed by atoms with Crippen LogP contribution in [0.25, 0.3) is 0 Å². The lowest BCUT2D eigenvalue weighted by atomic mass is 10.1. The van der Waals surface area contributed by atoms with E-state index < -0.39 is 0 Å². The lowest BCUT2D eigenvalue weighted by Crippen LogP contribution is -2.36. The number of aromatic nitrogens is 2. The maximum absolute atomic E-state index is 5.31. The first-order valence-corrected chi connectivity index (χ1v) is 5.42. The summed E-state index contributed by atoms with van der Waals surface area (Å²) in [7, 11) is 0. The molecule has 1 fully saturated rings. The van der Waals surface area contributed by atoms with Gasteiger partial charge in [0.1, 0.15) is 5.82 Å². The zero-order chi connectivity index (χ0) is 10.7. The van der Waals surface area contributed by atoms with Crippen molar-refractivity contribution in [2.24, 2.45) is 0 Å². The van der Waals surface area contributed by atoms with Gasteiger partial charge in [-0.05, 0) is 5.92 Å². The molecule has 0 saturated carbocycles. The van der Waals surface area contributed by atoms with Gasteiger partial charge in [0.2, 0.25) is 0 Å². The first-order valence-electron chi connectivity index (χ1n) is 5.42.